The Morgan fingerprint density at radius 1 is 1.54 bits per heavy atom. The van der Waals surface area contributed by atoms with E-state index in [0.29, 0.717) is 12.2 Å². The van der Waals surface area contributed by atoms with E-state index in [1.807, 2.05) is 26.0 Å². The molecule has 0 aromatic carbocycles. The van der Waals surface area contributed by atoms with Crippen LogP contribution in [0.4, 0.5) is 0 Å². The number of ketones is 1. The van der Waals surface area contributed by atoms with Crippen LogP contribution in [0.2, 0.25) is 4.34 Å². The lowest BCUT2D eigenvalue weighted by atomic mass is 10.0. The van der Waals surface area contributed by atoms with Crippen molar-refractivity contribution in [3.05, 3.63) is 21.3 Å². The van der Waals surface area contributed by atoms with Gasteiger partial charge >= 0.3 is 0 Å². The van der Waals surface area contributed by atoms with Crippen molar-refractivity contribution in [2.24, 2.45) is 5.92 Å². The van der Waals surface area contributed by atoms with Gasteiger partial charge in [0.1, 0.15) is 5.78 Å². The Labute approximate surface area is 87.7 Å². The van der Waals surface area contributed by atoms with Crippen LogP contribution in [0.3, 0.4) is 0 Å². The maximum Gasteiger partial charge on any atom is 0.135 e. The topological polar surface area (TPSA) is 17.1 Å². The summed E-state index contributed by atoms with van der Waals surface area (Å²) in [5.74, 6) is 0.472. The molecule has 0 radical (unpaired) electrons. The minimum Gasteiger partial charge on any atom is -0.299 e. The van der Waals surface area contributed by atoms with Gasteiger partial charge in [-0.2, -0.15) is 0 Å². The van der Waals surface area contributed by atoms with E-state index in [9.17, 15) is 4.79 Å². The van der Waals surface area contributed by atoms with Gasteiger partial charge in [-0.1, -0.05) is 25.4 Å². The second kappa shape index (κ2) is 4.77. The van der Waals surface area contributed by atoms with E-state index in [2.05, 4.69) is 0 Å². The van der Waals surface area contributed by atoms with Crippen LogP contribution in [0.15, 0.2) is 12.1 Å². The normalized spacial score (nSPS) is 10.8. The summed E-state index contributed by atoms with van der Waals surface area (Å²) in [7, 11) is 0. The fourth-order valence-corrected chi connectivity index (χ4v) is 2.11. The summed E-state index contributed by atoms with van der Waals surface area (Å²) < 4.78 is 0.798. The first kappa shape index (κ1) is 10.7. The molecular formula is C10H13ClOS. The van der Waals surface area contributed by atoms with Crippen molar-refractivity contribution in [3.63, 3.8) is 0 Å². The van der Waals surface area contributed by atoms with E-state index in [1.165, 1.54) is 4.88 Å². The molecular weight excluding hydrogens is 204 g/mol. The van der Waals surface area contributed by atoms with Gasteiger partial charge in [-0.05, 0) is 18.6 Å². The monoisotopic (exact) mass is 216 g/mol. The van der Waals surface area contributed by atoms with Crippen molar-refractivity contribution in [2.45, 2.75) is 26.7 Å². The maximum atomic E-state index is 11.3. The fraction of sp³-hybridized carbons (Fsp3) is 0.500. The van der Waals surface area contributed by atoms with Crippen LogP contribution in [0.25, 0.3) is 0 Å². The van der Waals surface area contributed by atoms with Gasteiger partial charge in [-0.15, -0.1) is 11.3 Å². The number of hydrogen-bond acceptors (Lipinski definition) is 2. The largest absolute Gasteiger partial charge is 0.299 e. The second-order valence-corrected chi connectivity index (χ2v) is 5.13. The smallest absolute Gasteiger partial charge is 0.135 e. The van der Waals surface area contributed by atoms with Crippen molar-refractivity contribution < 1.29 is 4.79 Å². The predicted molar refractivity (Wildman–Crippen MR) is 57.5 cm³/mol. The zero-order valence-electron chi connectivity index (χ0n) is 7.84. The summed E-state index contributed by atoms with van der Waals surface area (Å²) >= 11 is 7.33. The molecule has 0 N–H and O–H groups in total. The molecule has 0 aliphatic heterocycles. The highest BCUT2D eigenvalue weighted by molar-refractivity contribution is 7.16. The van der Waals surface area contributed by atoms with E-state index in [1.54, 1.807) is 11.3 Å². The van der Waals surface area contributed by atoms with Crippen molar-refractivity contribution in [3.8, 4) is 0 Å². The average Bonchev–Trinajstić information content (AvgIpc) is 2.47. The zero-order valence-corrected chi connectivity index (χ0v) is 9.41. The molecule has 1 aromatic rings. The van der Waals surface area contributed by atoms with Crippen LogP contribution in [0, 0.1) is 5.92 Å². The third kappa shape index (κ3) is 3.49. The van der Waals surface area contributed by atoms with Gasteiger partial charge in [-0.25, -0.2) is 0 Å². The number of thiophene rings is 1. The van der Waals surface area contributed by atoms with Gasteiger partial charge < -0.3 is 0 Å². The van der Waals surface area contributed by atoms with Gasteiger partial charge in [0.25, 0.3) is 0 Å². The number of rotatable bonds is 4. The summed E-state index contributed by atoms with van der Waals surface area (Å²) in [6.45, 7) is 3.87. The number of hydrogen-bond donors (Lipinski definition) is 0. The lowest BCUT2D eigenvalue weighted by Crippen LogP contribution is -2.07. The maximum absolute atomic E-state index is 11.3. The van der Waals surface area contributed by atoms with Gasteiger partial charge in [0.2, 0.25) is 0 Å². The van der Waals surface area contributed by atoms with Crippen molar-refractivity contribution in [1.82, 2.24) is 0 Å². The van der Waals surface area contributed by atoms with Crippen molar-refractivity contribution in [1.29, 1.82) is 0 Å². The molecule has 1 heterocycles. The third-order valence-corrected chi connectivity index (χ3v) is 3.18. The molecule has 0 spiro atoms. The minimum atomic E-state index is 0.149. The standard InChI is InChI=1S/C10H13ClOS/c1-7(2)9(12)5-3-8-4-6-10(11)13-8/h4,6-7H,3,5H2,1-2H3. The van der Waals surface area contributed by atoms with Crippen LogP contribution in [0.1, 0.15) is 25.1 Å². The number of aryl methyl sites for hydroxylation is 1. The van der Waals surface area contributed by atoms with Gasteiger partial charge in [0, 0.05) is 17.2 Å². The van der Waals surface area contributed by atoms with E-state index in [0.717, 1.165) is 10.8 Å². The summed E-state index contributed by atoms with van der Waals surface area (Å²) in [6.07, 6.45) is 1.46. The molecule has 1 nitrogen and oxygen atoms in total. The molecule has 0 aliphatic carbocycles. The first-order valence-electron chi connectivity index (χ1n) is 4.36. The molecule has 1 aromatic heterocycles. The second-order valence-electron chi connectivity index (χ2n) is 3.33. The molecule has 0 fully saturated rings. The van der Waals surface area contributed by atoms with Crippen LogP contribution in [-0.2, 0) is 11.2 Å². The van der Waals surface area contributed by atoms with Crippen LogP contribution >= 0.6 is 22.9 Å². The molecule has 3 heteroatoms. The Bertz CT molecular complexity index is 291. The van der Waals surface area contributed by atoms with Crippen molar-refractivity contribution >= 4 is 28.7 Å². The van der Waals surface area contributed by atoms with E-state index < -0.39 is 0 Å². The number of halogens is 1. The number of carbonyl (C=O) groups is 1. The van der Waals surface area contributed by atoms with Crippen LogP contribution in [-0.4, -0.2) is 5.78 Å². The summed E-state index contributed by atoms with van der Waals surface area (Å²) in [5, 5.41) is 0. The Morgan fingerprint density at radius 2 is 2.23 bits per heavy atom. The summed E-state index contributed by atoms with van der Waals surface area (Å²) in [6, 6.07) is 3.86. The SMILES string of the molecule is CC(C)C(=O)CCc1ccc(Cl)s1. The molecule has 0 unspecified atom stereocenters. The Hall–Kier alpha value is -0.340. The fourth-order valence-electron chi connectivity index (χ4n) is 1.02. The van der Waals surface area contributed by atoms with Gasteiger partial charge in [0.15, 0.2) is 0 Å². The zero-order chi connectivity index (χ0) is 9.84. The average molecular weight is 217 g/mol. The Balaban J connectivity index is 2.39. The molecule has 0 saturated carbocycles. The van der Waals surface area contributed by atoms with Crippen LogP contribution in [0.5, 0.6) is 0 Å². The van der Waals surface area contributed by atoms with Crippen LogP contribution < -0.4 is 0 Å². The molecule has 13 heavy (non-hydrogen) atoms. The highest BCUT2D eigenvalue weighted by Gasteiger charge is 2.07. The Kier molecular flexibility index (Phi) is 3.94. The van der Waals surface area contributed by atoms with E-state index in [-0.39, 0.29) is 5.92 Å². The molecule has 1 rings (SSSR count). The first-order chi connectivity index (χ1) is 6.09. The highest BCUT2D eigenvalue weighted by Crippen LogP contribution is 2.22. The molecule has 0 saturated heterocycles. The highest BCUT2D eigenvalue weighted by atomic mass is 35.5. The molecule has 72 valence electrons. The minimum absolute atomic E-state index is 0.149. The van der Waals surface area contributed by atoms with E-state index in [4.69, 9.17) is 11.6 Å². The summed E-state index contributed by atoms with van der Waals surface area (Å²) in [5.41, 5.74) is 0. The quantitative estimate of drug-likeness (QED) is 0.752. The third-order valence-electron chi connectivity index (χ3n) is 1.89. The number of Topliss-reactive ketones (excluding diaryl/α,β-unsaturated/α-hetero) is 1. The van der Waals surface area contributed by atoms with Gasteiger partial charge in [0.05, 0.1) is 4.34 Å². The first-order valence-corrected chi connectivity index (χ1v) is 5.56. The predicted octanol–water partition coefficient (Wildman–Crippen LogP) is 3.56. The lowest BCUT2D eigenvalue weighted by molar-refractivity contribution is -0.121. The molecule has 0 bridgehead atoms. The molecule has 0 atom stereocenters. The lowest BCUT2D eigenvalue weighted by Gasteiger charge is -2.01. The summed E-state index contributed by atoms with van der Waals surface area (Å²) in [4.78, 5) is 12.5. The number of carbonyl (C=O) groups excluding carboxylic acids is 1. The molecule has 0 aliphatic rings. The van der Waals surface area contributed by atoms with E-state index >= 15 is 0 Å². The van der Waals surface area contributed by atoms with Crippen molar-refractivity contribution in [2.75, 3.05) is 0 Å². The molecule has 0 amide bonds. The van der Waals surface area contributed by atoms with Gasteiger partial charge in [-0.3, -0.25) is 4.79 Å². The Morgan fingerprint density at radius 3 is 2.69 bits per heavy atom.